The molecule has 1 aliphatic carbocycles. The SMILES string of the molecule is CN(C(=O)CCCN1C(=O)N=C2C=CC=CC2C1=O)C1CCS(=O)(=O)C1. The number of nitrogens with zero attached hydrogens (tertiary/aromatic N) is 3. The molecule has 140 valence electrons. The predicted octanol–water partition coefficient (Wildman–Crippen LogP) is 0.558. The van der Waals surface area contributed by atoms with Crippen LogP contribution < -0.4 is 0 Å². The lowest BCUT2D eigenvalue weighted by molar-refractivity contribution is -0.133. The van der Waals surface area contributed by atoms with Crippen LogP contribution in [-0.4, -0.2) is 72.9 Å². The summed E-state index contributed by atoms with van der Waals surface area (Å²) in [5.41, 5.74) is 0.442. The number of fused-ring (bicyclic) bond motifs is 1. The molecule has 0 aromatic rings. The fraction of sp³-hybridized carbons (Fsp3) is 0.529. The van der Waals surface area contributed by atoms with Crippen LogP contribution in [0.2, 0.25) is 0 Å². The number of rotatable bonds is 5. The lowest BCUT2D eigenvalue weighted by Gasteiger charge is -2.28. The third kappa shape index (κ3) is 3.77. The maximum Gasteiger partial charge on any atom is 0.350 e. The van der Waals surface area contributed by atoms with Crippen LogP contribution in [0, 0.1) is 5.92 Å². The molecule has 0 aromatic carbocycles. The molecule has 0 radical (unpaired) electrons. The van der Waals surface area contributed by atoms with E-state index in [1.54, 1.807) is 31.4 Å². The van der Waals surface area contributed by atoms with Gasteiger partial charge >= 0.3 is 6.03 Å². The Balaban J connectivity index is 1.53. The largest absolute Gasteiger partial charge is 0.350 e. The number of carbonyl (C=O) groups is 3. The molecule has 1 fully saturated rings. The molecule has 2 atom stereocenters. The van der Waals surface area contributed by atoms with Gasteiger partial charge in [-0.2, -0.15) is 4.99 Å². The van der Waals surface area contributed by atoms with Gasteiger partial charge < -0.3 is 4.90 Å². The van der Waals surface area contributed by atoms with Crippen molar-refractivity contribution in [3.8, 4) is 0 Å². The van der Waals surface area contributed by atoms with E-state index in [-0.39, 0.29) is 42.3 Å². The van der Waals surface area contributed by atoms with Gasteiger partial charge in [0, 0.05) is 26.1 Å². The molecule has 2 unspecified atom stereocenters. The Hall–Kier alpha value is -2.29. The zero-order chi connectivity index (χ0) is 18.9. The van der Waals surface area contributed by atoms with Crippen molar-refractivity contribution in [2.75, 3.05) is 25.1 Å². The van der Waals surface area contributed by atoms with E-state index in [2.05, 4.69) is 4.99 Å². The number of hydrogen-bond donors (Lipinski definition) is 0. The Kier molecular flexibility index (Phi) is 5.08. The topological polar surface area (TPSA) is 104 Å². The highest BCUT2D eigenvalue weighted by Crippen LogP contribution is 2.21. The third-order valence-corrected chi connectivity index (χ3v) is 6.66. The van der Waals surface area contributed by atoms with E-state index in [4.69, 9.17) is 0 Å². The average Bonchev–Trinajstić information content (AvgIpc) is 2.96. The highest BCUT2D eigenvalue weighted by Gasteiger charge is 2.36. The molecule has 3 aliphatic rings. The quantitative estimate of drug-likeness (QED) is 0.694. The van der Waals surface area contributed by atoms with E-state index in [1.807, 2.05) is 0 Å². The first-order valence-corrected chi connectivity index (χ1v) is 10.4. The fourth-order valence-electron chi connectivity index (χ4n) is 3.34. The second kappa shape index (κ2) is 7.14. The molecule has 2 heterocycles. The second-order valence-electron chi connectivity index (χ2n) is 6.70. The summed E-state index contributed by atoms with van der Waals surface area (Å²) in [6, 6.07) is -0.902. The number of imide groups is 1. The third-order valence-electron chi connectivity index (χ3n) is 4.91. The summed E-state index contributed by atoms with van der Waals surface area (Å²) < 4.78 is 23.1. The molecular formula is C17H21N3O5S. The molecule has 8 nitrogen and oxygen atoms in total. The minimum absolute atomic E-state index is 0.00262. The van der Waals surface area contributed by atoms with Crippen molar-refractivity contribution in [1.82, 2.24) is 9.80 Å². The second-order valence-corrected chi connectivity index (χ2v) is 8.92. The molecule has 0 saturated carbocycles. The maximum atomic E-state index is 12.4. The molecular weight excluding hydrogens is 358 g/mol. The summed E-state index contributed by atoms with van der Waals surface area (Å²) in [7, 11) is -1.46. The van der Waals surface area contributed by atoms with Crippen molar-refractivity contribution in [1.29, 1.82) is 0 Å². The monoisotopic (exact) mass is 379 g/mol. The molecule has 2 aliphatic heterocycles. The zero-order valence-corrected chi connectivity index (χ0v) is 15.3. The average molecular weight is 379 g/mol. The van der Waals surface area contributed by atoms with Gasteiger partial charge in [0.25, 0.3) is 0 Å². The van der Waals surface area contributed by atoms with Crippen LogP contribution >= 0.6 is 0 Å². The number of aliphatic imine (C=N–C) groups is 1. The fourth-order valence-corrected chi connectivity index (χ4v) is 5.11. The van der Waals surface area contributed by atoms with Gasteiger partial charge in [-0.1, -0.05) is 18.2 Å². The van der Waals surface area contributed by atoms with Crippen LogP contribution in [0.4, 0.5) is 4.79 Å². The van der Waals surface area contributed by atoms with E-state index in [0.29, 0.717) is 18.6 Å². The number of carbonyl (C=O) groups excluding carboxylic acids is 3. The number of sulfone groups is 1. The van der Waals surface area contributed by atoms with Crippen LogP contribution in [0.3, 0.4) is 0 Å². The van der Waals surface area contributed by atoms with Crippen molar-refractivity contribution in [3.05, 3.63) is 24.3 Å². The van der Waals surface area contributed by atoms with E-state index in [9.17, 15) is 22.8 Å². The Morgan fingerprint density at radius 1 is 1.35 bits per heavy atom. The Labute approximate surface area is 152 Å². The van der Waals surface area contributed by atoms with Crippen molar-refractivity contribution >= 4 is 33.4 Å². The molecule has 26 heavy (non-hydrogen) atoms. The van der Waals surface area contributed by atoms with Crippen molar-refractivity contribution in [2.24, 2.45) is 10.9 Å². The zero-order valence-electron chi connectivity index (χ0n) is 14.5. The van der Waals surface area contributed by atoms with Crippen LogP contribution in [0.1, 0.15) is 19.3 Å². The first-order valence-electron chi connectivity index (χ1n) is 8.53. The van der Waals surface area contributed by atoms with E-state index < -0.39 is 21.8 Å². The van der Waals surface area contributed by atoms with Gasteiger partial charge in [0.1, 0.15) is 0 Å². The highest BCUT2D eigenvalue weighted by atomic mass is 32.2. The lowest BCUT2D eigenvalue weighted by atomic mass is 9.95. The minimum atomic E-state index is -3.06. The standard InChI is InChI=1S/C17H21N3O5S/c1-19(12-8-10-26(24,25)11-12)15(21)7-4-9-20-16(22)13-5-2-3-6-14(13)18-17(20)23/h2-3,5-6,12-13H,4,7-11H2,1H3. The summed E-state index contributed by atoms with van der Waals surface area (Å²) >= 11 is 0. The first kappa shape index (κ1) is 18.5. The molecule has 0 N–H and O–H groups in total. The Bertz CT molecular complexity index is 827. The maximum absolute atomic E-state index is 12.4. The predicted molar refractivity (Wildman–Crippen MR) is 95.4 cm³/mol. The van der Waals surface area contributed by atoms with Crippen LogP contribution in [-0.2, 0) is 19.4 Å². The molecule has 0 spiro atoms. The van der Waals surface area contributed by atoms with Crippen LogP contribution in [0.15, 0.2) is 29.3 Å². The van der Waals surface area contributed by atoms with Gasteiger partial charge in [-0.3, -0.25) is 14.5 Å². The van der Waals surface area contributed by atoms with Crippen molar-refractivity contribution in [2.45, 2.75) is 25.3 Å². The van der Waals surface area contributed by atoms with Gasteiger partial charge in [-0.25, -0.2) is 13.2 Å². The molecule has 0 aromatic heterocycles. The summed E-state index contributed by atoms with van der Waals surface area (Å²) in [6.45, 7) is 0.116. The van der Waals surface area contributed by atoms with E-state index in [1.165, 1.54) is 4.90 Å². The number of allylic oxidation sites excluding steroid dienone is 3. The smallest absolute Gasteiger partial charge is 0.342 e. The summed E-state index contributed by atoms with van der Waals surface area (Å²) in [5.74, 6) is -0.954. The van der Waals surface area contributed by atoms with Crippen molar-refractivity contribution < 1.29 is 22.8 Å². The molecule has 1 saturated heterocycles. The Morgan fingerprint density at radius 2 is 2.12 bits per heavy atom. The minimum Gasteiger partial charge on any atom is -0.342 e. The highest BCUT2D eigenvalue weighted by molar-refractivity contribution is 7.91. The van der Waals surface area contributed by atoms with Crippen LogP contribution in [0.25, 0.3) is 0 Å². The normalized spacial score (nSPS) is 26.7. The number of hydrogen-bond acceptors (Lipinski definition) is 5. The number of amides is 4. The molecule has 3 rings (SSSR count). The summed E-state index contributed by atoms with van der Waals surface area (Å²) in [6.07, 6.45) is 7.71. The molecule has 9 heteroatoms. The summed E-state index contributed by atoms with van der Waals surface area (Å²) in [4.78, 5) is 43.2. The summed E-state index contributed by atoms with van der Waals surface area (Å²) in [5, 5.41) is 0. The van der Waals surface area contributed by atoms with Crippen LogP contribution in [0.5, 0.6) is 0 Å². The Morgan fingerprint density at radius 3 is 2.81 bits per heavy atom. The number of urea groups is 1. The van der Waals surface area contributed by atoms with Gasteiger partial charge in [0.15, 0.2) is 9.84 Å². The van der Waals surface area contributed by atoms with E-state index >= 15 is 0 Å². The lowest BCUT2D eigenvalue weighted by Crippen LogP contribution is -2.46. The first-order chi connectivity index (χ1) is 12.3. The van der Waals surface area contributed by atoms with Gasteiger partial charge in [-0.15, -0.1) is 0 Å². The van der Waals surface area contributed by atoms with Gasteiger partial charge in [-0.05, 0) is 18.9 Å². The molecule has 0 bridgehead atoms. The van der Waals surface area contributed by atoms with Gasteiger partial charge in [0.2, 0.25) is 11.8 Å². The van der Waals surface area contributed by atoms with E-state index in [0.717, 1.165) is 4.90 Å². The van der Waals surface area contributed by atoms with Gasteiger partial charge in [0.05, 0.1) is 23.1 Å². The van der Waals surface area contributed by atoms with Crippen molar-refractivity contribution in [3.63, 3.8) is 0 Å². The molecule has 4 amide bonds.